The van der Waals surface area contributed by atoms with Crippen molar-refractivity contribution in [3.05, 3.63) is 5.21 Å². The van der Waals surface area contributed by atoms with Crippen LogP contribution in [0.3, 0.4) is 0 Å². The number of amides is 1. The van der Waals surface area contributed by atoms with Crippen LogP contribution in [0.15, 0.2) is 0 Å². The molecule has 96 valence electrons. The van der Waals surface area contributed by atoms with E-state index >= 15 is 0 Å². The first-order chi connectivity index (χ1) is 7.89. The van der Waals surface area contributed by atoms with E-state index < -0.39 is 5.66 Å². The van der Waals surface area contributed by atoms with E-state index in [1.165, 1.54) is 6.21 Å². The Morgan fingerprint density at radius 1 is 1.53 bits per heavy atom. The molecule has 0 saturated heterocycles. The van der Waals surface area contributed by atoms with Crippen molar-refractivity contribution in [2.45, 2.75) is 45.7 Å². The molecule has 0 unspecified atom stereocenters. The fourth-order valence-electron chi connectivity index (χ4n) is 3.61. The minimum absolute atomic E-state index is 0.153. The molecule has 4 nitrogen and oxygen atoms in total. The highest BCUT2D eigenvalue weighted by Gasteiger charge is 2.59. The van der Waals surface area contributed by atoms with E-state index in [1.54, 1.807) is 11.9 Å². The van der Waals surface area contributed by atoms with Crippen LogP contribution < -0.4 is 0 Å². The first kappa shape index (κ1) is 12.4. The standard InChI is InChI=1S/C13H22N2O2/c1-9(2)11-6-5-10(3)7-13(11)14(4)12(16)8-15(13)17/h8-11H,5-7H2,1-4H3/t10-,11-,13+/m1/s1. The van der Waals surface area contributed by atoms with Gasteiger partial charge < -0.3 is 5.21 Å². The number of hydrogen-bond acceptors (Lipinski definition) is 2. The monoisotopic (exact) mass is 238 g/mol. The molecule has 1 aliphatic carbocycles. The lowest BCUT2D eigenvalue weighted by Crippen LogP contribution is -2.59. The second-order valence-corrected chi connectivity index (χ2v) is 5.97. The van der Waals surface area contributed by atoms with Gasteiger partial charge in [0, 0.05) is 19.4 Å². The summed E-state index contributed by atoms with van der Waals surface area (Å²) < 4.78 is 0.926. The van der Waals surface area contributed by atoms with Gasteiger partial charge in [-0.15, -0.1) is 0 Å². The lowest BCUT2D eigenvalue weighted by molar-refractivity contribution is -0.584. The van der Waals surface area contributed by atoms with Crippen LogP contribution in [0.25, 0.3) is 0 Å². The average molecular weight is 238 g/mol. The zero-order chi connectivity index (χ0) is 12.8. The van der Waals surface area contributed by atoms with E-state index in [1.807, 2.05) is 0 Å². The summed E-state index contributed by atoms with van der Waals surface area (Å²) >= 11 is 0. The number of carbonyl (C=O) groups excluding carboxylic acids is 1. The van der Waals surface area contributed by atoms with Gasteiger partial charge in [0.15, 0.2) is 0 Å². The van der Waals surface area contributed by atoms with Gasteiger partial charge in [-0.05, 0) is 24.7 Å². The molecule has 1 saturated carbocycles. The second-order valence-electron chi connectivity index (χ2n) is 5.97. The predicted octanol–water partition coefficient (Wildman–Crippen LogP) is 1.83. The molecule has 0 bridgehead atoms. The van der Waals surface area contributed by atoms with E-state index in [2.05, 4.69) is 20.8 Å². The molecule has 1 fully saturated rings. The molecule has 4 heteroatoms. The summed E-state index contributed by atoms with van der Waals surface area (Å²) in [7, 11) is 1.77. The molecule has 1 amide bonds. The van der Waals surface area contributed by atoms with Crippen molar-refractivity contribution >= 4 is 12.1 Å². The van der Waals surface area contributed by atoms with Crippen molar-refractivity contribution in [2.24, 2.45) is 17.8 Å². The van der Waals surface area contributed by atoms with Gasteiger partial charge in [0.2, 0.25) is 6.21 Å². The molecule has 1 spiro atoms. The number of hydroxylamine groups is 1. The molecule has 0 aromatic carbocycles. The van der Waals surface area contributed by atoms with Crippen molar-refractivity contribution in [1.29, 1.82) is 0 Å². The first-order valence-electron chi connectivity index (χ1n) is 6.48. The van der Waals surface area contributed by atoms with Gasteiger partial charge in [0.05, 0.1) is 0 Å². The van der Waals surface area contributed by atoms with E-state index in [-0.39, 0.29) is 11.8 Å². The van der Waals surface area contributed by atoms with Crippen molar-refractivity contribution in [1.82, 2.24) is 4.90 Å². The summed E-state index contributed by atoms with van der Waals surface area (Å²) in [6.07, 6.45) is 4.19. The molecule has 0 N–H and O–H groups in total. The zero-order valence-corrected chi connectivity index (χ0v) is 11.1. The van der Waals surface area contributed by atoms with Crippen molar-refractivity contribution in [3.63, 3.8) is 0 Å². The van der Waals surface area contributed by atoms with Gasteiger partial charge in [0.1, 0.15) is 0 Å². The highest BCUT2D eigenvalue weighted by Crippen LogP contribution is 2.45. The molecular formula is C13H22N2O2. The van der Waals surface area contributed by atoms with Crippen LogP contribution >= 0.6 is 0 Å². The third kappa shape index (κ3) is 1.65. The Bertz CT molecular complexity index is 364. The average Bonchev–Trinajstić information content (AvgIpc) is 2.44. The highest BCUT2D eigenvalue weighted by molar-refractivity contribution is 6.25. The topological polar surface area (TPSA) is 46.4 Å². The zero-order valence-electron chi connectivity index (χ0n) is 11.1. The molecule has 3 atom stereocenters. The smallest absolute Gasteiger partial charge is 0.316 e. The third-order valence-corrected chi connectivity index (χ3v) is 4.54. The minimum Gasteiger partial charge on any atom is -0.622 e. The van der Waals surface area contributed by atoms with Gasteiger partial charge in [-0.3, -0.25) is 9.69 Å². The lowest BCUT2D eigenvalue weighted by atomic mass is 9.69. The van der Waals surface area contributed by atoms with Crippen LogP contribution in [0.4, 0.5) is 0 Å². The van der Waals surface area contributed by atoms with Crippen molar-refractivity contribution in [3.8, 4) is 0 Å². The molecule has 0 aromatic rings. The van der Waals surface area contributed by atoms with Gasteiger partial charge in [0.25, 0.3) is 5.66 Å². The maximum atomic E-state index is 12.2. The Balaban J connectivity index is 2.43. The molecule has 2 aliphatic rings. The number of hydrogen-bond donors (Lipinski definition) is 0. The fourth-order valence-corrected chi connectivity index (χ4v) is 3.61. The Morgan fingerprint density at radius 2 is 2.18 bits per heavy atom. The van der Waals surface area contributed by atoms with Crippen LogP contribution in [0.2, 0.25) is 0 Å². The molecule has 0 radical (unpaired) electrons. The largest absolute Gasteiger partial charge is 0.622 e. The summed E-state index contributed by atoms with van der Waals surface area (Å²) in [5.41, 5.74) is -0.622. The van der Waals surface area contributed by atoms with Gasteiger partial charge in [-0.2, -0.15) is 4.74 Å². The van der Waals surface area contributed by atoms with Crippen LogP contribution in [-0.2, 0) is 4.79 Å². The Labute approximate surface area is 103 Å². The Hall–Kier alpha value is -1.06. The summed E-state index contributed by atoms with van der Waals surface area (Å²) in [6.45, 7) is 6.46. The van der Waals surface area contributed by atoms with Crippen LogP contribution in [0, 0.1) is 23.0 Å². The van der Waals surface area contributed by atoms with Crippen LogP contribution in [0.1, 0.15) is 40.0 Å². The fraction of sp³-hybridized carbons (Fsp3) is 0.846. The summed E-state index contributed by atoms with van der Waals surface area (Å²) in [6, 6.07) is 0. The van der Waals surface area contributed by atoms with E-state index in [0.29, 0.717) is 11.8 Å². The summed E-state index contributed by atoms with van der Waals surface area (Å²) in [5, 5.41) is 12.2. The highest BCUT2D eigenvalue weighted by atomic mass is 16.5. The lowest BCUT2D eigenvalue weighted by Gasteiger charge is -2.46. The Kier molecular flexibility index (Phi) is 2.92. The third-order valence-electron chi connectivity index (χ3n) is 4.54. The minimum atomic E-state index is -0.622. The molecule has 1 heterocycles. The SMILES string of the molecule is CC(C)[C@H]1CC[C@@H](C)C[C@@]12N(C)C(=O)C=[N+]2[O-]. The van der Waals surface area contributed by atoms with Crippen LogP contribution in [-0.4, -0.2) is 34.5 Å². The normalized spacial score (nSPS) is 38.1. The number of carbonyl (C=O) groups is 1. The molecule has 0 aromatic heterocycles. The number of nitrogens with zero attached hydrogens (tertiary/aromatic N) is 2. The maximum absolute atomic E-state index is 12.2. The molecule has 2 rings (SSSR count). The second kappa shape index (κ2) is 4.00. The predicted molar refractivity (Wildman–Crippen MR) is 66.5 cm³/mol. The van der Waals surface area contributed by atoms with Gasteiger partial charge in [-0.1, -0.05) is 20.8 Å². The molecule has 1 aliphatic heterocycles. The van der Waals surface area contributed by atoms with Gasteiger partial charge in [-0.25, -0.2) is 0 Å². The summed E-state index contributed by atoms with van der Waals surface area (Å²) in [4.78, 5) is 13.4. The summed E-state index contributed by atoms with van der Waals surface area (Å²) in [5.74, 6) is 1.03. The van der Waals surface area contributed by atoms with Crippen molar-refractivity contribution < 1.29 is 9.53 Å². The molecular weight excluding hydrogens is 216 g/mol. The maximum Gasteiger partial charge on any atom is 0.316 e. The van der Waals surface area contributed by atoms with Crippen LogP contribution in [0.5, 0.6) is 0 Å². The van der Waals surface area contributed by atoms with Gasteiger partial charge >= 0.3 is 5.91 Å². The quantitative estimate of drug-likeness (QED) is 0.517. The van der Waals surface area contributed by atoms with E-state index in [4.69, 9.17) is 0 Å². The first-order valence-corrected chi connectivity index (χ1v) is 6.48. The molecule has 17 heavy (non-hydrogen) atoms. The number of rotatable bonds is 1. The van der Waals surface area contributed by atoms with Crippen molar-refractivity contribution in [2.75, 3.05) is 7.05 Å². The van der Waals surface area contributed by atoms with E-state index in [9.17, 15) is 10.0 Å². The van der Waals surface area contributed by atoms with E-state index in [0.717, 1.165) is 24.0 Å². The Morgan fingerprint density at radius 3 is 2.65 bits per heavy atom.